The Labute approximate surface area is 149 Å². The summed E-state index contributed by atoms with van der Waals surface area (Å²) >= 11 is 3.21. The molecule has 1 atom stereocenters. The van der Waals surface area contributed by atoms with Gasteiger partial charge in [-0.2, -0.15) is 0 Å². The maximum atomic E-state index is 12.7. The van der Waals surface area contributed by atoms with E-state index in [9.17, 15) is 4.79 Å². The molecule has 3 rings (SSSR count). The van der Waals surface area contributed by atoms with Crippen LogP contribution in [0.25, 0.3) is 0 Å². The van der Waals surface area contributed by atoms with Crippen LogP contribution in [-0.2, 0) is 5.75 Å². The van der Waals surface area contributed by atoms with Crippen LogP contribution < -0.4 is 5.32 Å². The number of thiazole rings is 1. The van der Waals surface area contributed by atoms with Crippen LogP contribution in [0.2, 0.25) is 0 Å². The summed E-state index contributed by atoms with van der Waals surface area (Å²) in [6.07, 6.45) is 3.46. The number of carbonyl (C=O) groups excluding carboxylic acids is 1. The Balaban J connectivity index is 1.70. The van der Waals surface area contributed by atoms with Crippen LogP contribution in [0.1, 0.15) is 34.6 Å². The monoisotopic (exact) mass is 355 g/mol. The Hall–Kier alpha value is -2.18. The van der Waals surface area contributed by atoms with Crippen LogP contribution >= 0.6 is 23.1 Å². The molecule has 0 radical (unpaired) electrons. The Morgan fingerprint density at radius 3 is 2.79 bits per heavy atom. The SMILES string of the molecule is CC(NC(=O)c1ccccc1SCc1cscn1)c1ccncc1. The number of hydrogen-bond acceptors (Lipinski definition) is 5. The van der Waals surface area contributed by atoms with Crippen LogP contribution in [0.15, 0.2) is 64.6 Å². The molecule has 6 heteroatoms. The van der Waals surface area contributed by atoms with Gasteiger partial charge in [0.15, 0.2) is 0 Å². The third-order valence-corrected chi connectivity index (χ3v) is 5.29. The molecule has 4 nitrogen and oxygen atoms in total. The molecule has 1 amide bonds. The normalized spacial score (nSPS) is 11.9. The van der Waals surface area contributed by atoms with Gasteiger partial charge in [-0.15, -0.1) is 23.1 Å². The molecule has 0 aliphatic heterocycles. The summed E-state index contributed by atoms with van der Waals surface area (Å²) in [5, 5.41) is 5.08. The zero-order chi connectivity index (χ0) is 16.8. The summed E-state index contributed by atoms with van der Waals surface area (Å²) in [5.74, 6) is 0.689. The molecular weight excluding hydrogens is 338 g/mol. The van der Waals surface area contributed by atoms with Gasteiger partial charge in [-0.25, -0.2) is 4.98 Å². The summed E-state index contributed by atoms with van der Waals surface area (Å²) in [7, 11) is 0. The van der Waals surface area contributed by atoms with Crippen molar-refractivity contribution in [3.05, 3.63) is 76.5 Å². The average Bonchev–Trinajstić information content (AvgIpc) is 3.14. The summed E-state index contributed by atoms with van der Waals surface area (Å²) in [4.78, 5) is 21.9. The lowest BCUT2D eigenvalue weighted by Gasteiger charge is -2.15. The van der Waals surface area contributed by atoms with Crippen molar-refractivity contribution >= 4 is 29.0 Å². The molecule has 1 aromatic carbocycles. The van der Waals surface area contributed by atoms with Crippen LogP contribution in [0.5, 0.6) is 0 Å². The first-order valence-corrected chi connectivity index (χ1v) is 9.46. The van der Waals surface area contributed by atoms with E-state index in [4.69, 9.17) is 0 Å². The molecule has 2 aromatic heterocycles. The minimum atomic E-state index is -0.0721. The van der Waals surface area contributed by atoms with Crippen molar-refractivity contribution in [2.24, 2.45) is 0 Å². The number of nitrogens with one attached hydrogen (secondary N) is 1. The van der Waals surface area contributed by atoms with E-state index < -0.39 is 0 Å². The smallest absolute Gasteiger partial charge is 0.252 e. The van der Waals surface area contributed by atoms with Crippen molar-refractivity contribution in [2.45, 2.75) is 23.6 Å². The number of aromatic nitrogens is 2. The number of rotatable bonds is 6. The van der Waals surface area contributed by atoms with Crippen molar-refractivity contribution < 1.29 is 4.79 Å². The zero-order valence-electron chi connectivity index (χ0n) is 13.2. The number of hydrogen-bond donors (Lipinski definition) is 1. The van der Waals surface area contributed by atoms with Gasteiger partial charge in [-0.05, 0) is 36.8 Å². The maximum Gasteiger partial charge on any atom is 0.252 e. The third-order valence-electron chi connectivity index (χ3n) is 3.54. The Bertz CT molecular complexity index is 791. The molecule has 0 spiro atoms. The molecule has 0 bridgehead atoms. The summed E-state index contributed by atoms with van der Waals surface area (Å²) in [6.45, 7) is 1.97. The van der Waals surface area contributed by atoms with Crippen LogP contribution in [0, 0.1) is 0 Å². The van der Waals surface area contributed by atoms with Gasteiger partial charge in [0.05, 0.1) is 22.8 Å². The molecule has 1 N–H and O–H groups in total. The number of thioether (sulfide) groups is 1. The fourth-order valence-electron chi connectivity index (χ4n) is 2.25. The number of carbonyl (C=O) groups is 1. The van der Waals surface area contributed by atoms with Gasteiger partial charge in [0.2, 0.25) is 0 Å². The predicted octanol–water partition coefficient (Wildman–Crippen LogP) is 4.32. The molecule has 0 saturated carbocycles. The highest BCUT2D eigenvalue weighted by Crippen LogP contribution is 2.26. The average molecular weight is 355 g/mol. The van der Waals surface area contributed by atoms with Gasteiger partial charge in [0, 0.05) is 28.4 Å². The van der Waals surface area contributed by atoms with Gasteiger partial charge in [-0.1, -0.05) is 12.1 Å². The van der Waals surface area contributed by atoms with Crippen LogP contribution in [-0.4, -0.2) is 15.9 Å². The topological polar surface area (TPSA) is 54.9 Å². The summed E-state index contributed by atoms with van der Waals surface area (Å²) in [5.41, 5.74) is 4.58. The third kappa shape index (κ3) is 4.21. The quantitative estimate of drug-likeness (QED) is 0.669. The molecule has 24 heavy (non-hydrogen) atoms. The number of nitrogens with zero attached hydrogens (tertiary/aromatic N) is 2. The van der Waals surface area contributed by atoms with Gasteiger partial charge < -0.3 is 5.32 Å². The molecule has 2 heterocycles. The van der Waals surface area contributed by atoms with Crippen molar-refractivity contribution in [3.8, 4) is 0 Å². The minimum Gasteiger partial charge on any atom is -0.345 e. The highest BCUT2D eigenvalue weighted by molar-refractivity contribution is 7.98. The van der Waals surface area contributed by atoms with E-state index in [1.54, 1.807) is 35.5 Å². The number of pyridine rings is 1. The van der Waals surface area contributed by atoms with E-state index in [1.807, 2.05) is 54.2 Å². The van der Waals surface area contributed by atoms with Gasteiger partial charge >= 0.3 is 0 Å². The van der Waals surface area contributed by atoms with Gasteiger partial charge in [-0.3, -0.25) is 9.78 Å². The van der Waals surface area contributed by atoms with E-state index in [2.05, 4.69) is 15.3 Å². The predicted molar refractivity (Wildman–Crippen MR) is 98.2 cm³/mol. The second kappa shape index (κ2) is 8.08. The fraction of sp³-hybridized carbons (Fsp3) is 0.167. The zero-order valence-corrected chi connectivity index (χ0v) is 14.8. The number of amides is 1. The summed E-state index contributed by atoms with van der Waals surface area (Å²) < 4.78 is 0. The highest BCUT2D eigenvalue weighted by Gasteiger charge is 2.15. The molecule has 1 unspecified atom stereocenters. The lowest BCUT2D eigenvalue weighted by molar-refractivity contribution is 0.0937. The molecule has 0 saturated heterocycles. The first-order chi connectivity index (χ1) is 11.7. The van der Waals surface area contributed by atoms with E-state index in [0.717, 1.165) is 21.9 Å². The molecule has 0 fully saturated rings. The minimum absolute atomic E-state index is 0.0688. The van der Waals surface area contributed by atoms with E-state index in [1.165, 1.54) is 0 Å². The molecule has 3 aromatic rings. The van der Waals surface area contributed by atoms with E-state index in [0.29, 0.717) is 5.56 Å². The fourth-order valence-corrected chi connectivity index (χ4v) is 3.87. The lowest BCUT2D eigenvalue weighted by atomic mass is 10.1. The second-order valence-corrected chi connectivity index (χ2v) is 6.98. The van der Waals surface area contributed by atoms with E-state index >= 15 is 0 Å². The lowest BCUT2D eigenvalue weighted by Crippen LogP contribution is -2.27. The molecule has 0 aliphatic rings. The molecule has 122 valence electrons. The highest BCUT2D eigenvalue weighted by atomic mass is 32.2. The van der Waals surface area contributed by atoms with Gasteiger partial charge in [0.25, 0.3) is 5.91 Å². The standard InChI is InChI=1S/C18H17N3OS2/c1-13(14-6-8-19-9-7-14)21-18(22)16-4-2-3-5-17(16)24-11-15-10-23-12-20-15/h2-10,12-13H,11H2,1H3,(H,21,22). The van der Waals surface area contributed by atoms with Crippen molar-refractivity contribution in [2.75, 3.05) is 0 Å². The second-order valence-electron chi connectivity index (χ2n) is 5.24. The first-order valence-electron chi connectivity index (χ1n) is 7.53. The largest absolute Gasteiger partial charge is 0.345 e. The van der Waals surface area contributed by atoms with Crippen LogP contribution in [0.3, 0.4) is 0 Å². The van der Waals surface area contributed by atoms with E-state index in [-0.39, 0.29) is 11.9 Å². The Morgan fingerprint density at radius 1 is 1.25 bits per heavy atom. The van der Waals surface area contributed by atoms with Crippen molar-refractivity contribution in [1.29, 1.82) is 0 Å². The molecular formula is C18H17N3OS2. The van der Waals surface area contributed by atoms with Crippen molar-refractivity contribution in [1.82, 2.24) is 15.3 Å². The maximum absolute atomic E-state index is 12.7. The molecule has 0 aliphatic carbocycles. The van der Waals surface area contributed by atoms with Crippen molar-refractivity contribution in [3.63, 3.8) is 0 Å². The number of benzene rings is 1. The van der Waals surface area contributed by atoms with Gasteiger partial charge in [0.1, 0.15) is 0 Å². The first kappa shape index (κ1) is 16.7. The summed E-state index contributed by atoms with van der Waals surface area (Å²) in [6, 6.07) is 11.4. The Morgan fingerprint density at radius 2 is 2.04 bits per heavy atom. The van der Waals surface area contributed by atoms with Crippen LogP contribution in [0.4, 0.5) is 0 Å². The Kier molecular flexibility index (Phi) is 5.61.